The normalized spacial score (nSPS) is 15.2. The van der Waals surface area contributed by atoms with E-state index in [1.165, 1.54) is 69.4 Å². The first-order valence-corrected chi connectivity index (χ1v) is 10.7. The van der Waals surface area contributed by atoms with Gasteiger partial charge < -0.3 is 4.42 Å². The smallest absolute Gasteiger partial charge is 0.209 e. The summed E-state index contributed by atoms with van der Waals surface area (Å²) in [6, 6.07) is 20.2. The van der Waals surface area contributed by atoms with Crippen LogP contribution >= 0.6 is 0 Å². The van der Waals surface area contributed by atoms with Gasteiger partial charge >= 0.3 is 0 Å². The van der Waals surface area contributed by atoms with Crippen LogP contribution in [-0.4, -0.2) is 0 Å². The van der Waals surface area contributed by atoms with Crippen molar-refractivity contribution in [2.45, 2.75) is 46.0 Å². The Balaban J connectivity index is 1.66. The van der Waals surface area contributed by atoms with E-state index in [4.69, 9.17) is 4.42 Å². The monoisotopic (exact) mass is 379 g/mol. The van der Waals surface area contributed by atoms with Crippen LogP contribution in [0, 0.1) is 13.8 Å². The molecule has 1 aromatic heterocycles. The minimum absolute atomic E-state index is 0.925. The van der Waals surface area contributed by atoms with Crippen molar-refractivity contribution in [3.8, 4) is 0 Å². The first-order valence-electron chi connectivity index (χ1n) is 10.7. The maximum Gasteiger partial charge on any atom is 0.209 e. The molecule has 0 saturated heterocycles. The molecule has 144 valence electrons. The van der Waals surface area contributed by atoms with Gasteiger partial charge in [0.05, 0.1) is 11.4 Å². The Kier molecular flexibility index (Phi) is 3.64. The van der Waals surface area contributed by atoms with Crippen molar-refractivity contribution in [3.63, 3.8) is 0 Å². The second-order valence-corrected chi connectivity index (χ2v) is 8.65. The van der Waals surface area contributed by atoms with Gasteiger partial charge in [0.2, 0.25) is 5.88 Å². The molecular formula is C27H25NO. The van der Waals surface area contributed by atoms with Gasteiger partial charge in [0.15, 0.2) is 0 Å². The van der Waals surface area contributed by atoms with Crippen molar-refractivity contribution in [3.05, 3.63) is 88.0 Å². The van der Waals surface area contributed by atoms with Crippen LogP contribution in [-0.2, 0) is 19.3 Å². The number of rotatable bonds is 1. The van der Waals surface area contributed by atoms with Crippen molar-refractivity contribution in [2.24, 2.45) is 0 Å². The van der Waals surface area contributed by atoms with E-state index in [9.17, 15) is 0 Å². The van der Waals surface area contributed by atoms with Crippen LogP contribution in [0.15, 0.2) is 59.0 Å². The second kappa shape index (κ2) is 6.25. The molecule has 2 heteroatoms. The molecule has 29 heavy (non-hydrogen) atoms. The quantitative estimate of drug-likeness (QED) is 0.304. The molecule has 2 aliphatic rings. The summed E-state index contributed by atoms with van der Waals surface area (Å²) in [4.78, 5) is 2.40. The van der Waals surface area contributed by atoms with E-state index in [1.54, 1.807) is 0 Å². The third-order valence-electron chi connectivity index (χ3n) is 6.58. The molecule has 0 fully saturated rings. The van der Waals surface area contributed by atoms with E-state index in [0.29, 0.717) is 0 Å². The standard InChI is InChI=1S/C27H25NO/c1-17-10-12-24-20(14-17)16-23-22-15-18(2)11-13-26(22)29-27(23)28(24)25-9-5-7-19-6-3-4-8-21(19)25/h5,7,9-15H,3-4,6,8,16H2,1-2H3. The third-order valence-corrected chi connectivity index (χ3v) is 6.58. The van der Waals surface area contributed by atoms with Gasteiger partial charge in [-0.1, -0.05) is 41.5 Å². The molecule has 4 aromatic rings. The fourth-order valence-corrected chi connectivity index (χ4v) is 5.18. The average molecular weight is 380 g/mol. The first kappa shape index (κ1) is 16.9. The van der Waals surface area contributed by atoms with Crippen LogP contribution in [0.4, 0.5) is 17.3 Å². The summed E-state index contributed by atoms with van der Waals surface area (Å²) in [6.45, 7) is 4.34. The number of hydrogen-bond donors (Lipinski definition) is 0. The Hall–Kier alpha value is -3.00. The molecule has 1 aliphatic carbocycles. The summed E-state index contributed by atoms with van der Waals surface area (Å²) in [7, 11) is 0. The lowest BCUT2D eigenvalue weighted by molar-refractivity contribution is 0.612. The van der Waals surface area contributed by atoms with E-state index >= 15 is 0 Å². The highest BCUT2D eigenvalue weighted by molar-refractivity contribution is 5.94. The maximum absolute atomic E-state index is 6.52. The molecule has 0 atom stereocenters. The van der Waals surface area contributed by atoms with Crippen molar-refractivity contribution in [1.82, 2.24) is 0 Å². The largest absolute Gasteiger partial charge is 0.439 e. The summed E-state index contributed by atoms with van der Waals surface area (Å²) in [6.07, 6.45) is 5.82. The van der Waals surface area contributed by atoms with E-state index < -0.39 is 0 Å². The van der Waals surface area contributed by atoms with Crippen LogP contribution in [0.2, 0.25) is 0 Å². The Morgan fingerprint density at radius 2 is 1.59 bits per heavy atom. The fourth-order valence-electron chi connectivity index (χ4n) is 5.18. The molecule has 0 radical (unpaired) electrons. The zero-order valence-electron chi connectivity index (χ0n) is 17.1. The lowest BCUT2D eigenvalue weighted by Gasteiger charge is -2.33. The van der Waals surface area contributed by atoms with Crippen LogP contribution in [0.25, 0.3) is 11.0 Å². The molecule has 6 rings (SSSR count). The first-order chi connectivity index (χ1) is 14.2. The number of aryl methyl sites for hydroxylation is 3. The molecular weight excluding hydrogens is 354 g/mol. The topological polar surface area (TPSA) is 16.4 Å². The van der Waals surface area contributed by atoms with Crippen LogP contribution in [0.1, 0.15) is 46.2 Å². The van der Waals surface area contributed by atoms with Gasteiger partial charge in [-0.25, -0.2) is 0 Å². The Labute approximate surface area is 171 Å². The summed E-state index contributed by atoms with van der Waals surface area (Å²) < 4.78 is 6.52. The van der Waals surface area contributed by atoms with Crippen molar-refractivity contribution in [2.75, 3.05) is 4.90 Å². The van der Waals surface area contributed by atoms with Gasteiger partial charge in [-0.2, -0.15) is 0 Å². The molecule has 0 N–H and O–H groups in total. The lowest BCUT2D eigenvalue weighted by atomic mass is 9.88. The van der Waals surface area contributed by atoms with Crippen molar-refractivity contribution < 1.29 is 4.42 Å². The van der Waals surface area contributed by atoms with Gasteiger partial charge in [0.25, 0.3) is 0 Å². The summed E-state index contributed by atoms with van der Waals surface area (Å²) in [5.74, 6) is 1.00. The summed E-state index contributed by atoms with van der Waals surface area (Å²) in [5.41, 5.74) is 11.8. The lowest BCUT2D eigenvalue weighted by Crippen LogP contribution is -2.20. The van der Waals surface area contributed by atoms with E-state index in [-0.39, 0.29) is 0 Å². The zero-order valence-corrected chi connectivity index (χ0v) is 17.1. The van der Waals surface area contributed by atoms with E-state index in [2.05, 4.69) is 73.3 Å². The molecule has 3 aromatic carbocycles. The minimum atomic E-state index is 0.925. The number of anilines is 3. The van der Waals surface area contributed by atoms with Gasteiger partial charge in [-0.05, 0) is 80.5 Å². The molecule has 0 unspecified atom stereocenters. The third kappa shape index (κ3) is 2.55. The van der Waals surface area contributed by atoms with Gasteiger partial charge in [-0.15, -0.1) is 0 Å². The maximum atomic E-state index is 6.52. The van der Waals surface area contributed by atoms with Crippen LogP contribution in [0.5, 0.6) is 0 Å². The molecule has 0 amide bonds. The van der Waals surface area contributed by atoms with E-state index in [0.717, 1.165) is 24.3 Å². The molecule has 2 nitrogen and oxygen atoms in total. The zero-order chi connectivity index (χ0) is 19.5. The number of benzene rings is 3. The highest BCUT2D eigenvalue weighted by Gasteiger charge is 2.31. The number of hydrogen-bond acceptors (Lipinski definition) is 2. The Morgan fingerprint density at radius 1 is 0.759 bits per heavy atom. The minimum Gasteiger partial charge on any atom is -0.439 e. The van der Waals surface area contributed by atoms with Gasteiger partial charge in [0.1, 0.15) is 5.58 Å². The Bertz CT molecular complexity index is 1260. The fraction of sp³-hybridized carbons (Fsp3) is 0.259. The molecule has 0 saturated carbocycles. The molecule has 0 spiro atoms. The molecule has 2 heterocycles. The highest BCUT2D eigenvalue weighted by atomic mass is 16.4. The second-order valence-electron chi connectivity index (χ2n) is 8.65. The average Bonchev–Trinajstić information content (AvgIpc) is 3.09. The summed E-state index contributed by atoms with van der Waals surface area (Å²) in [5, 5.41) is 1.25. The van der Waals surface area contributed by atoms with Crippen LogP contribution < -0.4 is 4.90 Å². The SMILES string of the molecule is Cc1ccc2c(c1)Cc1c(oc3ccc(C)cc13)N2c1cccc2c1CCCC2. The van der Waals surface area contributed by atoms with Gasteiger partial charge in [-0.3, -0.25) is 4.90 Å². The van der Waals surface area contributed by atoms with Crippen molar-refractivity contribution >= 4 is 28.2 Å². The highest BCUT2D eigenvalue weighted by Crippen LogP contribution is 2.49. The van der Waals surface area contributed by atoms with Crippen molar-refractivity contribution in [1.29, 1.82) is 0 Å². The number of nitrogens with zero attached hydrogens (tertiary/aromatic N) is 1. The number of furan rings is 1. The predicted molar refractivity (Wildman–Crippen MR) is 120 cm³/mol. The van der Waals surface area contributed by atoms with Gasteiger partial charge in [0, 0.05) is 17.4 Å². The predicted octanol–water partition coefficient (Wildman–Crippen LogP) is 7.30. The molecule has 1 aliphatic heterocycles. The Morgan fingerprint density at radius 3 is 2.52 bits per heavy atom. The van der Waals surface area contributed by atoms with E-state index in [1.807, 2.05) is 0 Å². The number of fused-ring (bicyclic) bond motifs is 5. The summed E-state index contributed by atoms with van der Waals surface area (Å²) >= 11 is 0. The van der Waals surface area contributed by atoms with Crippen LogP contribution in [0.3, 0.4) is 0 Å². The molecule has 0 bridgehead atoms.